The number of pyridine rings is 2. The van der Waals surface area contributed by atoms with Crippen molar-refractivity contribution in [3.63, 3.8) is 0 Å². The molecule has 3 heterocycles. The smallest absolute Gasteiger partial charge is 0.0928 e. The van der Waals surface area contributed by atoms with E-state index in [1.54, 1.807) is 11.3 Å². The summed E-state index contributed by atoms with van der Waals surface area (Å²) in [6, 6.07) is 12.5. The second-order valence-electron chi connectivity index (χ2n) is 5.04. The monoisotopic (exact) mass is 278 g/mol. The Balaban J connectivity index is 1.94. The molecule has 3 aromatic rings. The molecule has 0 atom stereocenters. The molecule has 1 aliphatic carbocycles. The summed E-state index contributed by atoms with van der Waals surface area (Å²) in [5.74, 6) is 0. The quantitative estimate of drug-likeness (QED) is 0.696. The van der Waals surface area contributed by atoms with Gasteiger partial charge in [0.15, 0.2) is 0 Å². The molecule has 98 valence electrons. The van der Waals surface area contributed by atoms with Crippen LogP contribution in [0.1, 0.15) is 17.5 Å². The third-order valence-electron chi connectivity index (χ3n) is 3.77. The zero-order valence-corrected chi connectivity index (χ0v) is 11.9. The Bertz CT molecular complexity index is 733. The fraction of sp³-hybridized carbons (Fsp3) is 0.176. The van der Waals surface area contributed by atoms with Crippen molar-refractivity contribution in [3.8, 4) is 22.0 Å². The lowest BCUT2D eigenvalue weighted by molar-refractivity contribution is 0.911. The van der Waals surface area contributed by atoms with Gasteiger partial charge in [0.25, 0.3) is 0 Å². The van der Waals surface area contributed by atoms with Crippen molar-refractivity contribution in [2.45, 2.75) is 19.3 Å². The van der Waals surface area contributed by atoms with Gasteiger partial charge in [-0.05, 0) is 60.0 Å². The molecule has 0 spiro atoms. The number of aryl methyl sites for hydroxylation is 1. The summed E-state index contributed by atoms with van der Waals surface area (Å²) in [6.07, 6.45) is 5.36. The largest absolute Gasteiger partial charge is 0.255 e. The predicted molar refractivity (Wildman–Crippen MR) is 82.8 cm³/mol. The summed E-state index contributed by atoms with van der Waals surface area (Å²) in [4.78, 5) is 10.6. The number of hydrogen-bond donors (Lipinski definition) is 0. The maximum atomic E-state index is 4.90. The van der Waals surface area contributed by atoms with Gasteiger partial charge in [0.05, 0.1) is 22.0 Å². The van der Waals surface area contributed by atoms with Crippen molar-refractivity contribution in [2.24, 2.45) is 0 Å². The number of rotatable bonds is 2. The average Bonchev–Trinajstić information content (AvgIpc) is 3.18. The van der Waals surface area contributed by atoms with Crippen LogP contribution in [0.3, 0.4) is 0 Å². The van der Waals surface area contributed by atoms with Crippen molar-refractivity contribution in [3.05, 3.63) is 59.1 Å². The molecule has 0 aliphatic heterocycles. The van der Waals surface area contributed by atoms with Crippen LogP contribution < -0.4 is 0 Å². The standard InChI is InChI=1S/C17H14N2S/c1-2-9-18-14(7-1)17-13-6-3-5-12(13)11-15(19-17)16-8-4-10-20-16/h1-2,4,7-11H,3,5-6H2. The van der Waals surface area contributed by atoms with Crippen molar-refractivity contribution < 1.29 is 0 Å². The first-order valence-electron chi connectivity index (χ1n) is 6.90. The van der Waals surface area contributed by atoms with Gasteiger partial charge >= 0.3 is 0 Å². The first kappa shape index (κ1) is 11.8. The molecular formula is C17H14N2S. The fourth-order valence-corrected chi connectivity index (χ4v) is 3.53. The molecular weight excluding hydrogens is 264 g/mol. The second kappa shape index (κ2) is 4.84. The van der Waals surface area contributed by atoms with Gasteiger partial charge in [-0.3, -0.25) is 4.98 Å². The van der Waals surface area contributed by atoms with Crippen LogP contribution in [0.15, 0.2) is 48.0 Å². The zero-order chi connectivity index (χ0) is 13.4. The minimum absolute atomic E-state index is 0.990. The van der Waals surface area contributed by atoms with Gasteiger partial charge in [0.1, 0.15) is 0 Å². The molecule has 3 aromatic heterocycles. The lowest BCUT2D eigenvalue weighted by atomic mass is 10.0. The first-order valence-corrected chi connectivity index (χ1v) is 7.78. The lowest BCUT2D eigenvalue weighted by Gasteiger charge is -2.09. The van der Waals surface area contributed by atoms with E-state index in [1.165, 1.54) is 22.4 Å². The summed E-state index contributed by atoms with van der Waals surface area (Å²) in [7, 11) is 0. The molecule has 0 saturated carbocycles. The van der Waals surface area contributed by atoms with Gasteiger partial charge < -0.3 is 0 Å². The van der Waals surface area contributed by atoms with E-state index in [4.69, 9.17) is 4.98 Å². The summed E-state index contributed by atoms with van der Waals surface area (Å²) >= 11 is 1.74. The third-order valence-corrected chi connectivity index (χ3v) is 4.66. The molecule has 3 heteroatoms. The highest BCUT2D eigenvalue weighted by Gasteiger charge is 2.19. The molecule has 0 fully saturated rings. The highest BCUT2D eigenvalue weighted by Crippen LogP contribution is 2.34. The molecule has 0 unspecified atom stereocenters. The van der Waals surface area contributed by atoms with Crippen molar-refractivity contribution in [1.82, 2.24) is 9.97 Å². The van der Waals surface area contributed by atoms with Crippen LogP contribution in [0.25, 0.3) is 22.0 Å². The van der Waals surface area contributed by atoms with E-state index in [-0.39, 0.29) is 0 Å². The van der Waals surface area contributed by atoms with Crippen LogP contribution >= 0.6 is 11.3 Å². The number of aromatic nitrogens is 2. The molecule has 1 aliphatic rings. The summed E-state index contributed by atoms with van der Waals surface area (Å²) < 4.78 is 0. The Morgan fingerprint density at radius 1 is 1.00 bits per heavy atom. The van der Waals surface area contributed by atoms with Gasteiger partial charge in [-0.1, -0.05) is 12.1 Å². The van der Waals surface area contributed by atoms with Crippen molar-refractivity contribution >= 4 is 11.3 Å². The van der Waals surface area contributed by atoms with Crippen LogP contribution in [-0.2, 0) is 12.8 Å². The van der Waals surface area contributed by atoms with Crippen LogP contribution in [0.4, 0.5) is 0 Å². The number of thiophene rings is 1. The van der Waals surface area contributed by atoms with Gasteiger partial charge in [-0.25, -0.2) is 4.98 Å². The minimum atomic E-state index is 0.990. The van der Waals surface area contributed by atoms with Crippen LogP contribution in [0.2, 0.25) is 0 Å². The van der Waals surface area contributed by atoms with Gasteiger partial charge in [0.2, 0.25) is 0 Å². The summed E-state index contributed by atoms with van der Waals surface area (Å²) in [5, 5.41) is 2.10. The van der Waals surface area contributed by atoms with Gasteiger partial charge in [-0.15, -0.1) is 11.3 Å². The van der Waals surface area contributed by atoms with Crippen LogP contribution in [0, 0.1) is 0 Å². The maximum Gasteiger partial charge on any atom is 0.0928 e. The maximum absolute atomic E-state index is 4.90. The summed E-state index contributed by atoms with van der Waals surface area (Å²) in [5.41, 5.74) is 5.99. The zero-order valence-electron chi connectivity index (χ0n) is 11.0. The summed E-state index contributed by atoms with van der Waals surface area (Å²) in [6.45, 7) is 0. The van der Waals surface area contributed by atoms with Crippen molar-refractivity contribution in [1.29, 1.82) is 0 Å². The van der Waals surface area contributed by atoms with E-state index in [0.29, 0.717) is 0 Å². The SMILES string of the molecule is c1ccc(-c2nc(-c3cccs3)cc3c2CCC3)nc1. The average molecular weight is 278 g/mol. The molecule has 4 rings (SSSR count). The molecule has 0 saturated heterocycles. The number of nitrogens with zero attached hydrogens (tertiary/aromatic N) is 2. The highest BCUT2D eigenvalue weighted by atomic mass is 32.1. The van der Waals surface area contributed by atoms with Crippen molar-refractivity contribution in [2.75, 3.05) is 0 Å². The molecule has 0 N–H and O–H groups in total. The number of hydrogen-bond acceptors (Lipinski definition) is 3. The topological polar surface area (TPSA) is 25.8 Å². The predicted octanol–water partition coefficient (Wildman–Crippen LogP) is 4.36. The van der Waals surface area contributed by atoms with Gasteiger partial charge in [-0.2, -0.15) is 0 Å². The van der Waals surface area contributed by atoms with Crippen LogP contribution in [0.5, 0.6) is 0 Å². The molecule has 0 amide bonds. The van der Waals surface area contributed by atoms with E-state index in [9.17, 15) is 0 Å². The van der Waals surface area contributed by atoms with E-state index in [2.05, 4.69) is 34.6 Å². The Morgan fingerprint density at radius 2 is 2.00 bits per heavy atom. The number of fused-ring (bicyclic) bond motifs is 1. The Morgan fingerprint density at radius 3 is 2.80 bits per heavy atom. The van der Waals surface area contributed by atoms with E-state index >= 15 is 0 Å². The van der Waals surface area contributed by atoms with Gasteiger partial charge in [0, 0.05) is 6.20 Å². The minimum Gasteiger partial charge on any atom is -0.255 e. The Labute approximate surface area is 122 Å². The van der Waals surface area contributed by atoms with E-state index in [0.717, 1.165) is 29.9 Å². The van der Waals surface area contributed by atoms with E-state index in [1.807, 2.05) is 18.3 Å². The highest BCUT2D eigenvalue weighted by molar-refractivity contribution is 7.13. The van der Waals surface area contributed by atoms with Crippen LogP contribution in [-0.4, -0.2) is 9.97 Å². The molecule has 0 aromatic carbocycles. The second-order valence-corrected chi connectivity index (χ2v) is 5.99. The fourth-order valence-electron chi connectivity index (χ4n) is 2.85. The lowest BCUT2D eigenvalue weighted by Crippen LogP contribution is -1.96. The molecule has 2 nitrogen and oxygen atoms in total. The molecule has 20 heavy (non-hydrogen) atoms. The molecule has 0 bridgehead atoms. The first-order chi connectivity index (χ1) is 9.92. The molecule has 0 radical (unpaired) electrons. The Hall–Kier alpha value is -2.00. The third kappa shape index (κ3) is 1.95. The Kier molecular flexibility index (Phi) is 2.85. The van der Waals surface area contributed by atoms with E-state index < -0.39 is 0 Å². The normalized spacial score (nSPS) is 13.4.